The van der Waals surface area contributed by atoms with Crippen LogP contribution in [0.1, 0.15) is 24.8 Å². The monoisotopic (exact) mass is 269 g/mol. The van der Waals surface area contributed by atoms with Crippen LogP contribution in [0.25, 0.3) is 10.2 Å². The Morgan fingerprint density at radius 2 is 2.18 bits per heavy atom. The number of aromatic nitrogens is 1. The van der Waals surface area contributed by atoms with E-state index < -0.39 is 11.9 Å². The summed E-state index contributed by atoms with van der Waals surface area (Å²) < 4.78 is 0.997. The first-order chi connectivity index (χ1) is 7.99. The van der Waals surface area contributed by atoms with Crippen molar-refractivity contribution in [1.82, 2.24) is 4.98 Å². The third kappa shape index (κ3) is 2.42. The summed E-state index contributed by atoms with van der Waals surface area (Å²) in [6, 6.07) is 5.50. The molecule has 2 rings (SSSR count). The highest BCUT2D eigenvalue weighted by Crippen LogP contribution is 2.32. The fourth-order valence-corrected chi connectivity index (χ4v) is 2.94. The lowest BCUT2D eigenvalue weighted by atomic mass is 9.97. The highest BCUT2D eigenvalue weighted by atomic mass is 35.5. The fourth-order valence-electron chi connectivity index (χ4n) is 1.54. The van der Waals surface area contributed by atoms with Crippen LogP contribution in [0.15, 0.2) is 18.2 Å². The Morgan fingerprint density at radius 3 is 2.82 bits per heavy atom. The van der Waals surface area contributed by atoms with Gasteiger partial charge in [-0.1, -0.05) is 25.4 Å². The van der Waals surface area contributed by atoms with E-state index in [1.54, 1.807) is 13.0 Å². The molecule has 1 N–H and O–H groups in total. The molecule has 1 aromatic carbocycles. The molecule has 0 saturated heterocycles. The quantitative estimate of drug-likeness (QED) is 0.923. The van der Waals surface area contributed by atoms with E-state index in [9.17, 15) is 4.79 Å². The molecule has 0 bridgehead atoms. The summed E-state index contributed by atoms with van der Waals surface area (Å²) in [5.41, 5.74) is 0.874. The normalized spacial score (nSPS) is 14.8. The number of fused-ring (bicyclic) bond motifs is 1. The summed E-state index contributed by atoms with van der Waals surface area (Å²) in [6.45, 7) is 3.59. The van der Waals surface area contributed by atoms with Crippen molar-refractivity contribution >= 4 is 39.1 Å². The number of halogens is 1. The minimum absolute atomic E-state index is 0.0938. The van der Waals surface area contributed by atoms with Crippen molar-refractivity contribution in [3.8, 4) is 0 Å². The minimum atomic E-state index is -0.796. The maximum Gasteiger partial charge on any atom is 0.306 e. The van der Waals surface area contributed by atoms with Gasteiger partial charge < -0.3 is 5.11 Å². The molecule has 90 valence electrons. The van der Waals surface area contributed by atoms with Gasteiger partial charge in [0.05, 0.1) is 21.1 Å². The molecule has 17 heavy (non-hydrogen) atoms. The number of hydrogen-bond acceptors (Lipinski definition) is 3. The third-order valence-electron chi connectivity index (χ3n) is 2.90. The lowest BCUT2D eigenvalue weighted by Gasteiger charge is -2.12. The zero-order valence-corrected chi connectivity index (χ0v) is 11.0. The molecule has 5 heteroatoms. The van der Waals surface area contributed by atoms with E-state index in [1.807, 2.05) is 19.1 Å². The number of carbonyl (C=O) groups is 1. The fraction of sp³-hybridized carbons (Fsp3) is 0.333. The van der Waals surface area contributed by atoms with E-state index in [0.29, 0.717) is 5.02 Å². The lowest BCUT2D eigenvalue weighted by molar-refractivity contribution is -0.141. The van der Waals surface area contributed by atoms with Gasteiger partial charge in [-0.2, -0.15) is 0 Å². The Bertz CT molecular complexity index is 567. The Balaban J connectivity index is 2.39. The molecule has 0 saturated carbocycles. The molecule has 1 aromatic heterocycles. The predicted molar refractivity (Wildman–Crippen MR) is 69.8 cm³/mol. The van der Waals surface area contributed by atoms with Gasteiger partial charge in [-0.05, 0) is 18.2 Å². The smallest absolute Gasteiger partial charge is 0.306 e. The van der Waals surface area contributed by atoms with E-state index in [0.717, 1.165) is 15.2 Å². The van der Waals surface area contributed by atoms with Gasteiger partial charge in [0.15, 0.2) is 0 Å². The Kier molecular flexibility index (Phi) is 3.35. The molecule has 0 aliphatic heterocycles. The van der Waals surface area contributed by atoms with E-state index in [-0.39, 0.29) is 5.92 Å². The molecule has 3 nitrogen and oxygen atoms in total. The molecule has 0 aliphatic carbocycles. The molecule has 0 aliphatic rings. The van der Waals surface area contributed by atoms with Gasteiger partial charge in [0.25, 0.3) is 0 Å². The van der Waals surface area contributed by atoms with Crippen LogP contribution in [0.3, 0.4) is 0 Å². The third-order valence-corrected chi connectivity index (χ3v) is 4.35. The number of benzene rings is 1. The molecule has 2 unspecified atom stereocenters. The highest BCUT2D eigenvalue weighted by molar-refractivity contribution is 7.18. The predicted octanol–water partition coefficient (Wildman–Crippen LogP) is 3.77. The van der Waals surface area contributed by atoms with E-state index in [2.05, 4.69) is 4.98 Å². The first kappa shape index (κ1) is 12.3. The minimum Gasteiger partial charge on any atom is -0.481 e. The molecule has 0 spiro atoms. The molecular formula is C12H12ClNO2S. The number of carboxylic acid groups (broad SMARTS) is 1. The van der Waals surface area contributed by atoms with Crippen molar-refractivity contribution in [2.45, 2.75) is 19.8 Å². The van der Waals surface area contributed by atoms with Crippen LogP contribution in [0.5, 0.6) is 0 Å². The number of rotatable bonds is 3. The number of nitrogens with zero attached hydrogens (tertiary/aromatic N) is 1. The molecule has 2 aromatic rings. The van der Waals surface area contributed by atoms with E-state index in [1.165, 1.54) is 11.3 Å². The molecule has 0 amide bonds. The first-order valence-electron chi connectivity index (χ1n) is 5.28. The number of carboxylic acids is 1. The second-order valence-electron chi connectivity index (χ2n) is 4.08. The van der Waals surface area contributed by atoms with Crippen molar-refractivity contribution in [3.05, 3.63) is 28.2 Å². The maximum atomic E-state index is 10.9. The number of aliphatic carboxylic acids is 1. The van der Waals surface area contributed by atoms with Crippen LogP contribution in [0.4, 0.5) is 0 Å². The molecular weight excluding hydrogens is 258 g/mol. The second kappa shape index (κ2) is 4.63. The van der Waals surface area contributed by atoms with Crippen molar-refractivity contribution in [3.63, 3.8) is 0 Å². The summed E-state index contributed by atoms with van der Waals surface area (Å²) in [6.07, 6.45) is 0. The van der Waals surface area contributed by atoms with Crippen LogP contribution >= 0.6 is 22.9 Å². The molecule has 1 heterocycles. The maximum absolute atomic E-state index is 10.9. The topological polar surface area (TPSA) is 50.2 Å². The van der Waals surface area contributed by atoms with Crippen LogP contribution in [-0.4, -0.2) is 16.1 Å². The average molecular weight is 270 g/mol. The first-order valence-corrected chi connectivity index (χ1v) is 6.47. The number of thiazole rings is 1. The van der Waals surface area contributed by atoms with Crippen molar-refractivity contribution < 1.29 is 9.90 Å². The summed E-state index contributed by atoms with van der Waals surface area (Å²) in [4.78, 5) is 15.4. The molecule has 2 atom stereocenters. The van der Waals surface area contributed by atoms with Crippen molar-refractivity contribution in [2.24, 2.45) is 5.92 Å². The van der Waals surface area contributed by atoms with Gasteiger partial charge in [-0.25, -0.2) is 4.98 Å². The Morgan fingerprint density at radius 1 is 1.47 bits per heavy atom. The zero-order valence-electron chi connectivity index (χ0n) is 9.48. The molecule has 0 fully saturated rings. The average Bonchev–Trinajstić information content (AvgIpc) is 2.69. The van der Waals surface area contributed by atoms with E-state index in [4.69, 9.17) is 16.7 Å². The zero-order chi connectivity index (χ0) is 12.6. The van der Waals surface area contributed by atoms with Crippen LogP contribution in [-0.2, 0) is 4.79 Å². The van der Waals surface area contributed by atoms with Gasteiger partial charge >= 0.3 is 5.97 Å². The van der Waals surface area contributed by atoms with Gasteiger partial charge in [-0.3, -0.25) is 4.79 Å². The lowest BCUT2D eigenvalue weighted by Crippen LogP contribution is -2.16. The van der Waals surface area contributed by atoms with Crippen LogP contribution in [0, 0.1) is 5.92 Å². The Hall–Kier alpha value is -1.13. The highest BCUT2D eigenvalue weighted by Gasteiger charge is 2.23. The Labute approximate surface area is 108 Å². The summed E-state index contributed by atoms with van der Waals surface area (Å²) in [7, 11) is 0. The van der Waals surface area contributed by atoms with Crippen LogP contribution < -0.4 is 0 Å². The summed E-state index contributed by atoms with van der Waals surface area (Å²) in [5.74, 6) is -1.33. The number of hydrogen-bond donors (Lipinski definition) is 1. The van der Waals surface area contributed by atoms with Gasteiger partial charge in [-0.15, -0.1) is 11.3 Å². The van der Waals surface area contributed by atoms with Crippen molar-refractivity contribution in [1.29, 1.82) is 0 Å². The molecule has 0 radical (unpaired) electrons. The summed E-state index contributed by atoms with van der Waals surface area (Å²) in [5, 5.41) is 10.5. The van der Waals surface area contributed by atoms with Crippen LogP contribution in [0.2, 0.25) is 5.02 Å². The standard InChI is InChI=1S/C12H12ClNO2S/c1-6(7(2)12(15)16)11-14-9-4-3-8(13)5-10(9)17-11/h3-7H,1-2H3,(H,15,16). The van der Waals surface area contributed by atoms with Gasteiger partial charge in [0, 0.05) is 10.9 Å². The summed E-state index contributed by atoms with van der Waals surface area (Å²) >= 11 is 7.41. The SMILES string of the molecule is CC(C(=O)O)C(C)c1nc2ccc(Cl)cc2s1. The van der Waals surface area contributed by atoms with Gasteiger partial charge in [0.2, 0.25) is 0 Å². The van der Waals surface area contributed by atoms with Gasteiger partial charge in [0.1, 0.15) is 0 Å². The van der Waals surface area contributed by atoms with Crippen molar-refractivity contribution in [2.75, 3.05) is 0 Å². The van der Waals surface area contributed by atoms with E-state index >= 15 is 0 Å². The second-order valence-corrected chi connectivity index (χ2v) is 5.58. The largest absolute Gasteiger partial charge is 0.481 e.